The number of rotatable bonds is 6. The van der Waals surface area contributed by atoms with E-state index in [1.54, 1.807) is 27.7 Å². The van der Waals surface area contributed by atoms with Crippen molar-refractivity contribution in [1.82, 2.24) is 0 Å². The summed E-state index contributed by atoms with van der Waals surface area (Å²) in [5.74, 6) is -0.837. The van der Waals surface area contributed by atoms with Gasteiger partial charge in [0, 0.05) is 18.7 Å². The number of carbonyl (C=O) groups excluding carboxylic acids is 2. The fourth-order valence-electron chi connectivity index (χ4n) is 4.82. The molecule has 0 radical (unpaired) electrons. The molecule has 0 heterocycles. The molecule has 0 spiro atoms. The maximum Gasteiger partial charge on any atom is 0.509 e. The fraction of sp³-hybridized carbons (Fsp3) is 0.310. The van der Waals surface area contributed by atoms with Crippen LogP contribution >= 0.6 is 0 Å². The lowest BCUT2D eigenvalue weighted by atomic mass is 9.77. The van der Waals surface area contributed by atoms with Gasteiger partial charge in [-0.05, 0) is 61.1 Å². The van der Waals surface area contributed by atoms with Crippen molar-refractivity contribution in [2.24, 2.45) is 0 Å². The molecule has 0 aromatic heterocycles. The predicted molar refractivity (Wildman–Crippen MR) is 143 cm³/mol. The monoisotopic (exact) mass is 524 g/mol. The van der Waals surface area contributed by atoms with Gasteiger partial charge in [-0.15, -0.1) is 5.46 Å². The van der Waals surface area contributed by atoms with E-state index in [2.05, 4.69) is 0 Å². The standard InChI is InChI=1S/C29H30BF3NO4/c1-18-19(15-27(35)38-29(2,3)4)14-20(30(31,32)33)16-26(18)34(5)28(36)37-17-25-23-12-8-6-10-21(23)22-11-7-9-13-24(22)25/h6-14,16,25H,15,17H2,1-5H3/q-1. The molecule has 0 saturated heterocycles. The molecule has 4 rings (SSSR count). The lowest BCUT2D eigenvalue weighted by molar-refractivity contribution is -0.153. The number of carbonyl (C=O) groups is 2. The summed E-state index contributed by atoms with van der Waals surface area (Å²) >= 11 is 0. The Hall–Kier alpha value is -3.75. The SMILES string of the molecule is Cc1c(CC(=O)OC(C)(C)C)cc([B-](F)(F)F)cc1N(C)C(=O)OCC1c2ccccc2-c2ccccc21. The van der Waals surface area contributed by atoms with Crippen molar-refractivity contribution < 1.29 is 32.0 Å². The summed E-state index contributed by atoms with van der Waals surface area (Å²) < 4.78 is 52.3. The van der Waals surface area contributed by atoms with Gasteiger partial charge >= 0.3 is 19.0 Å². The minimum absolute atomic E-state index is 0.0254. The topological polar surface area (TPSA) is 55.8 Å². The lowest BCUT2D eigenvalue weighted by Crippen LogP contribution is -2.37. The molecular formula is C29H30BF3NO4-. The van der Waals surface area contributed by atoms with Gasteiger partial charge in [0.25, 0.3) is 0 Å². The summed E-state index contributed by atoms with van der Waals surface area (Å²) in [6, 6.07) is 17.6. The van der Waals surface area contributed by atoms with Crippen molar-refractivity contribution in [3.63, 3.8) is 0 Å². The van der Waals surface area contributed by atoms with E-state index in [1.807, 2.05) is 48.5 Å². The lowest BCUT2D eigenvalue weighted by Gasteiger charge is -2.26. The summed E-state index contributed by atoms with van der Waals surface area (Å²) in [6.45, 7) is 1.28. The number of fused-ring (bicyclic) bond motifs is 3. The summed E-state index contributed by atoms with van der Waals surface area (Å²) in [5, 5.41) is 0. The fourth-order valence-corrected chi connectivity index (χ4v) is 4.82. The molecule has 1 amide bonds. The molecule has 9 heteroatoms. The highest BCUT2D eigenvalue weighted by atomic mass is 19.4. The van der Waals surface area contributed by atoms with Crippen LogP contribution < -0.4 is 10.4 Å². The first-order valence-corrected chi connectivity index (χ1v) is 12.4. The maximum absolute atomic E-state index is 13.8. The second-order valence-electron chi connectivity index (χ2n) is 10.5. The number of halogens is 3. The van der Waals surface area contributed by atoms with Crippen molar-refractivity contribution in [3.05, 3.63) is 82.9 Å². The van der Waals surface area contributed by atoms with Crippen LogP contribution in [0.15, 0.2) is 60.7 Å². The largest absolute Gasteiger partial charge is 0.509 e. The Morgan fingerprint density at radius 1 is 0.947 bits per heavy atom. The number of nitrogens with zero attached hydrogens (tertiary/aromatic N) is 1. The van der Waals surface area contributed by atoms with E-state index in [9.17, 15) is 22.5 Å². The average Bonchev–Trinajstić information content (AvgIpc) is 3.15. The van der Waals surface area contributed by atoms with E-state index in [-0.39, 0.29) is 30.2 Å². The van der Waals surface area contributed by atoms with Crippen molar-refractivity contribution in [2.75, 3.05) is 18.6 Å². The van der Waals surface area contributed by atoms with E-state index < -0.39 is 30.1 Å². The Balaban J connectivity index is 1.58. The van der Waals surface area contributed by atoms with Crippen LogP contribution in [0.3, 0.4) is 0 Å². The van der Waals surface area contributed by atoms with Gasteiger partial charge in [0.15, 0.2) is 0 Å². The van der Waals surface area contributed by atoms with Crippen LogP contribution in [0.25, 0.3) is 11.1 Å². The summed E-state index contributed by atoms with van der Waals surface area (Å²) in [5.41, 5.74) is 3.06. The molecule has 38 heavy (non-hydrogen) atoms. The highest BCUT2D eigenvalue weighted by Crippen LogP contribution is 2.44. The van der Waals surface area contributed by atoms with Crippen molar-refractivity contribution in [3.8, 4) is 11.1 Å². The van der Waals surface area contributed by atoms with Gasteiger partial charge in [-0.2, -0.15) is 0 Å². The van der Waals surface area contributed by atoms with Crippen molar-refractivity contribution >= 4 is 30.2 Å². The second kappa shape index (κ2) is 10.2. The van der Waals surface area contributed by atoms with Crippen molar-refractivity contribution in [1.29, 1.82) is 0 Å². The summed E-state index contributed by atoms with van der Waals surface area (Å²) in [6.07, 6.45) is -1.14. The number of esters is 1. The van der Waals surface area contributed by atoms with Gasteiger partial charge in [-0.1, -0.05) is 60.7 Å². The first kappa shape index (κ1) is 27.3. The quantitative estimate of drug-likeness (QED) is 0.280. The van der Waals surface area contributed by atoms with E-state index in [0.717, 1.165) is 39.3 Å². The average molecular weight is 524 g/mol. The maximum atomic E-state index is 13.8. The van der Waals surface area contributed by atoms with E-state index in [0.29, 0.717) is 5.56 Å². The number of amides is 1. The predicted octanol–water partition coefficient (Wildman–Crippen LogP) is 6.32. The molecule has 0 fully saturated rings. The van der Waals surface area contributed by atoms with E-state index in [1.165, 1.54) is 7.05 Å². The minimum Gasteiger partial charge on any atom is -0.460 e. The Labute approximate surface area is 220 Å². The van der Waals surface area contributed by atoms with Gasteiger partial charge in [-0.25, -0.2) is 4.79 Å². The zero-order chi connectivity index (χ0) is 27.8. The Kier molecular flexibility index (Phi) is 7.32. The van der Waals surface area contributed by atoms with Gasteiger partial charge in [0.2, 0.25) is 0 Å². The highest BCUT2D eigenvalue weighted by Gasteiger charge is 2.31. The van der Waals surface area contributed by atoms with Crippen LogP contribution in [0.1, 0.15) is 48.9 Å². The van der Waals surface area contributed by atoms with E-state index in [4.69, 9.17) is 9.47 Å². The third kappa shape index (κ3) is 5.71. The number of hydrogen-bond acceptors (Lipinski definition) is 4. The zero-order valence-corrected chi connectivity index (χ0v) is 22.1. The van der Waals surface area contributed by atoms with Crippen LogP contribution in [0.2, 0.25) is 0 Å². The molecule has 1 aliphatic carbocycles. The first-order valence-electron chi connectivity index (χ1n) is 12.4. The van der Waals surface area contributed by atoms with Crippen LogP contribution in [-0.4, -0.2) is 38.3 Å². The molecule has 5 nitrogen and oxygen atoms in total. The van der Waals surface area contributed by atoms with Crippen LogP contribution in [-0.2, 0) is 20.7 Å². The Morgan fingerprint density at radius 2 is 1.50 bits per heavy atom. The molecule has 0 saturated carbocycles. The van der Waals surface area contributed by atoms with Crippen LogP contribution in [0, 0.1) is 6.92 Å². The summed E-state index contributed by atoms with van der Waals surface area (Å²) in [4.78, 5) is 26.6. The number of ether oxygens (including phenoxy) is 2. The third-order valence-electron chi connectivity index (χ3n) is 6.61. The molecule has 0 N–H and O–H groups in total. The smallest absolute Gasteiger partial charge is 0.460 e. The van der Waals surface area contributed by atoms with Gasteiger partial charge in [0.1, 0.15) is 12.2 Å². The molecule has 3 aromatic carbocycles. The third-order valence-corrected chi connectivity index (χ3v) is 6.61. The Bertz CT molecular complexity index is 1340. The second-order valence-corrected chi connectivity index (χ2v) is 10.5. The van der Waals surface area contributed by atoms with Crippen LogP contribution in [0.4, 0.5) is 23.4 Å². The molecule has 0 aliphatic heterocycles. The molecule has 200 valence electrons. The normalized spacial score (nSPS) is 13.1. The first-order chi connectivity index (χ1) is 17.8. The van der Waals surface area contributed by atoms with E-state index >= 15 is 0 Å². The van der Waals surface area contributed by atoms with Gasteiger partial charge < -0.3 is 22.4 Å². The number of hydrogen-bond donors (Lipinski definition) is 0. The molecule has 3 aromatic rings. The molecule has 0 bridgehead atoms. The molecular weight excluding hydrogens is 494 g/mol. The van der Waals surface area contributed by atoms with Crippen molar-refractivity contribution in [2.45, 2.75) is 45.6 Å². The van der Waals surface area contributed by atoms with Crippen LogP contribution in [0.5, 0.6) is 0 Å². The number of anilines is 1. The minimum atomic E-state index is -5.38. The number of benzene rings is 3. The van der Waals surface area contributed by atoms with Gasteiger partial charge in [-0.3, -0.25) is 9.69 Å². The summed E-state index contributed by atoms with van der Waals surface area (Å²) in [7, 11) is 1.37. The van der Waals surface area contributed by atoms with Gasteiger partial charge in [0.05, 0.1) is 6.42 Å². The molecule has 1 aliphatic rings. The highest BCUT2D eigenvalue weighted by molar-refractivity contribution is 6.73. The zero-order valence-electron chi connectivity index (χ0n) is 22.1. The Morgan fingerprint density at radius 3 is 2.03 bits per heavy atom. The molecule has 0 unspecified atom stereocenters. The molecule has 0 atom stereocenters.